The smallest absolute Gasteiger partial charge is 0.0914 e. The van der Waals surface area contributed by atoms with E-state index in [1.807, 2.05) is 48.5 Å². The molecule has 2 aromatic rings. The maximum absolute atomic E-state index is 9.98. The van der Waals surface area contributed by atoms with Crippen LogP contribution in [0.15, 0.2) is 54.6 Å². The molecule has 0 aliphatic carbocycles. The van der Waals surface area contributed by atoms with Crippen LogP contribution in [0.3, 0.4) is 0 Å². The van der Waals surface area contributed by atoms with Crippen LogP contribution < -0.4 is 11.1 Å². The van der Waals surface area contributed by atoms with Crippen molar-refractivity contribution in [2.24, 2.45) is 0 Å². The third-order valence-electron chi connectivity index (χ3n) is 3.06. The third kappa shape index (κ3) is 4.39. The first-order valence-electron chi connectivity index (χ1n) is 6.54. The van der Waals surface area contributed by atoms with Crippen molar-refractivity contribution in [3.63, 3.8) is 0 Å². The van der Waals surface area contributed by atoms with Crippen molar-refractivity contribution in [2.45, 2.75) is 12.5 Å². The third-order valence-corrected chi connectivity index (χ3v) is 3.06. The molecule has 0 spiro atoms. The van der Waals surface area contributed by atoms with Crippen LogP contribution in [0.2, 0.25) is 0 Å². The molecule has 3 heteroatoms. The van der Waals surface area contributed by atoms with E-state index in [-0.39, 0.29) is 0 Å². The van der Waals surface area contributed by atoms with Crippen LogP contribution in [0, 0.1) is 0 Å². The van der Waals surface area contributed by atoms with Gasteiger partial charge in [-0.15, -0.1) is 0 Å². The summed E-state index contributed by atoms with van der Waals surface area (Å²) in [5.41, 5.74) is 8.67. The van der Waals surface area contributed by atoms with Gasteiger partial charge in [-0.3, -0.25) is 0 Å². The monoisotopic (exact) mass is 256 g/mol. The van der Waals surface area contributed by atoms with Gasteiger partial charge in [0.25, 0.3) is 0 Å². The van der Waals surface area contributed by atoms with Crippen molar-refractivity contribution in [2.75, 3.05) is 18.8 Å². The molecular weight excluding hydrogens is 236 g/mol. The van der Waals surface area contributed by atoms with Gasteiger partial charge in [-0.2, -0.15) is 0 Å². The van der Waals surface area contributed by atoms with Crippen LogP contribution in [-0.2, 0) is 6.42 Å². The summed E-state index contributed by atoms with van der Waals surface area (Å²) in [7, 11) is 0. The zero-order chi connectivity index (χ0) is 13.5. The molecular formula is C16H20N2O. The van der Waals surface area contributed by atoms with E-state index >= 15 is 0 Å². The van der Waals surface area contributed by atoms with Crippen LogP contribution in [0.4, 0.5) is 5.69 Å². The Hall–Kier alpha value is -1.84. The Morgan fingerprint density at radius 2 is 1.84 bits per heavy atom. The molecule has 0 saturated carbocycles. The largest absolute Gasteiger partial charge is 0.399 e. The van der Waals surface area contributed by atoms with Crippen molar-refractivity contribution in [3.05, 3.63) is 65.7 Å². The van der Waals surface area contributed by atoms with Crippen LogP contribution in [0.5, 0.6) is 0 Å². The molecule has 0 amide bonds. The Morgan fingerprint density at radius 3 is 2.58 bits per heavy atom. The fourth-order valence-electron chi connectivity index (χ4n) is 2.01. The minimum atomic E-state index is -0.456. The molecule has 0 unspecified atom stereocenters. The fraction of sp³-hybridized carbons (Fsp3) is 0.250. The van der Waals surface area contributed by atoms with Crippen molar-refractivity contribution >= 4 is 5.69 Å². The van der Waals surface area contributed by atoms with E-state index in [9.17, 15) is 5.11 Å². The highest BCUT2D eigenvalue weighted by Crippen LogP contribution is 2.10. The summed E-state index contributed by atoms with van der Waals surface area (Å²) in [5.74, 6) is 0. The standard InChI is InChI=1S/C16H20N2O/c17-15-8-4-5-13(11-15)9-10-18-12-16(19)14-6-2-1-3-7-14/h1-8,11,16,18-19H,9-10,12,17H2/t16-/m0/s1. The summed E-state index contributed by atoms with van der Waals surface area (Å²) in [5, 5.41) is 13.2. The predicted octanol–water partition coefficient (Wildman–Crippen LogP) is 2.13. The minimum Gasteiger partial charge on any atom is -0.399 e. The summed E-state index contributed by atoms with van der Waals surface area (Å²) in [6.07, 6.45) is 0.453. The van der Waals surface area contributed by atoms with Gasteiger partial charge in [0.05, 0.1) is 6.10 Å². The van der Waals surface area contributed by atoms with Gasteiger partial charge in [-0.25, -0.2) is 0 Å². The molecule has 0 radical (unpaired) electrons. The number of anilines is 1. The number of nitrogen functional groups attached to an aromatic ring is 1. The number of nitrogens with one attached hydrogen (secondary N) is 1. The highest BCUT2D eigenvalue weighted by atomic mass is 16.3. The number of hydrogen-bond donors (Lipinski definition) is 3. The van der Waals surface area contributed by atoms with Crippen molar-refractivity contribution in [3.8, 4) is 0 Å². The second-order valence-corrected chi connectivity index (χ2v) is 4.63. The topological polar surface area (TPSA) is 58.3 Å². The van der Waals surface area contributed by atoms with Gasteiger partial charge < -0.3 is 16.2 Å². The molecule has 4 N–H and O–H groups in total. The van der Waals surface area contributed by atoms with Gasteiger partial charge in [-0.05, 0) is 36.2 Å². The SMILES string of the molecule is Nc1cccc(CCNC[C@H](O)c2ccccc2)c1. The number of nitrogens with two attached hydrogens (primary N) is 1. The predicted molar refractivity (Wildman–Crippen MR) is 78.8 cm³/mol. The molecule has 0 aliphatic rings. The minimum absolute atomic E-state index is 0.456. The first-order chi connectivity index (χ1) is 9.25. The van der Waals surface area contributed by atoms with Crippen LogP contribution in [0.1, 0.15) is 17.2 Å². The molecule has 0 aliphatic heterocycles. The second-order valence-electron chi connectivity index (χ2n) is 4.63. The summed E-state index contributed by atoms with van der Waals surface area (Å²) in [6, 6.07) is 17.6. The Kier molecular flexibility index (Phi) is 4.95. The van der Waals surface area contributed by atoms with Crippen LogP contribution >= 0.6 is 0 Å². The van der Waals surface area contributed by atoms with Gasteiger partial charge in [0.15, 0.2) is 0 Å². The highest BCUT2D eigenvalue weighted by Gasteiger charge is 2.05. The first-order valence-corrected chi connectivity index (χ1v) is 6.54. The highest BCUT2D eigenvalue weighted by molar-refractivity contribution is 5.40. The molecule has 0 saturated heterocycles. The maximum atomic E-state index is 9.98. The summed E-state index contributed by atoms with van der Waals surface area (Å²) in [4.78, 5) is 0. The lowest BCUT2D eigenvalue weighted by molar-refractivity contribution is 0.175. The molecule has 1 atom stereocenters. The molecule has 2 aromatic carbocycles. The lowest BCUT2D eigenvalue weighted by atomic mass is 10.1. The van der Waals surface area contributed by atoms with Crippen LogP contribution in [-0.4, -0.2) is 18.2 Å². The molecule has 100 valence electrons. The number of rotatable bonds is 6. The van der Waals surface area contributed by atoms with E-state index in [4.69, 9.17) is 5.73 Å². The van der Waals surface area contributed by atoms with E-state index < -0.39 is 6.10 Å². The fourth-order valence-corrected chi connectivity index (χ4v) is 2.01. The average Bonchev–Trinajstić information content (AvgIpc) is 2.44. The molecule has 0 heterocycles. The van der Waals surface area contributed by atoms with Crippen molar-refractivity contribution in [1.82, 2.24) is 5.32 Å². The van der Waals surface area contributed by atoms with Gasteiger partial charge in [-0.1, -0.05) is 42.5 Å². The number of hydrogen-bond acceptors (Lipinski definition) is 3. The number of aliphatic hydroxyl groups excluding tert-OH is 1. The second kappa shape index (κ2) is 6.92. The van der Waals surface area contributed by atoms with E-state index in [2.05, 4.69) is 11.4 Å². The Bertz CT molecular complexity index is 499. The molecule has 0 aromatic heterocycles. The normalized spacial score (nSPS) is 12.3. The maximum Gasteiger partial charge on any atom is 0.0914 e. The summed E-state index contributed by atoms with van der Waals surface area (Å²) in [6.45, 7) is 1.39. The first kappa shape index (κ1) is 13.6. The molecule has 3 nitrogen and oxygen atoms in total. The zero-order valence-electron chi connectivity index (χ0n) is 10.9. The van der Waals surface area contributed by atoms with E-state index in [1.165, 1.54) is 5.56 Å². The number of aliphatic hydroxyl groups is 1. The number of benzene rings is 2. The van der Waals surface area contributed by atoms with E-state index in [0.29, 0.717) is 6.54 Å². The lowest BCUT2D eigenvalue weighted by Crippen LogP contribution is -2.23. The Morgan fingerprint density at radius 1 is 1.05 bits per heavy atom. The van der Waals surface area contributed by atoms with Gasteiger partial charge in [0, 0.05) is 12.2 Å². The lowest BCUT2D eigenvalue weighted by Gasteiger charge is -2.12. The van der Waals surface area contributed by atoms with Crippen molar-refractivity contribution < 1.29 is 5.11 Å². The van der Waals surface area contributed by atoms with Gasteiger partial charge in [0.2, 0.25) is 0 Å². The Balaban J connectivity index is 1.72. The Labute approximate surface area is 114 Å². The van der Waals surface area contributed by atoms with Crippen LogP contribution in [0.25, 0.3) is 0 Å². The zero-order valence-corrected chi connectivity index (χ0v) is 10.9. The van der Waals surface area contributed by atoms with Gasteiger partial charge >= 0.3 is 0 Å². The average molecular weight is 256 g/mol. The molecule has 19 heavy (non-hydrogen) atoms. The summed E-state index contributed by atoms with van der Waals surface area (Å²) < 4.78 is 0. The molecule has 0 fully saturated rings. The van der Waals surface area contributed by atoms with Gasteiger partial charge in [0.1, 0.15) is 0 Å². The quantitative estimate of drug-likeness (QED) is 0.548. The van der Waals surface area contributed by atoms with Crippen molar-refractivity contribution in [1.29, 1.82) is 0 Å². The van der Waals surface area contributed by atoms with E-state index in [1.54, 1.807) is 0 Å². The molecule has 2 rings (SSSR count). The summed E-state index contributed by atoms with van der Waals surface area (Å²) >= 11 is 0. The molecule has 0 bridgehead atoms. The van der Waals surface area contributed by atoms with E-state index in [0.717, 1.165) is 24.2 Å².